The van der Waals surface area contributed by atoms with E-state index < -0.39 is 50.8 Å². The Hall–Kier alpha value is -2.40. The average molecular weight is 604 g/mol. The minimum absolute atomic E-state index is 0.00303. The Kier molecular flexibility index (Phi) is 7.85. The zero-order valence-electron chi connectivity index (χ0n) is 20.1. The van der Waals surface area contributed by atoms with Crippen molar-refractivity contribution in [2.24, 2.45) is 11.7 Å². The summed E-state index contributed by atoms with van der Waals surface area (Å²) in [5.74, 6) is -1.50. The number of nitrogen functional groups attached to an aromatic ring is 1. The molecule has 39 heavy (non-hydrogen) atoms. The summed E-state index contributed by atoms with van der Waals surface area (Å²) in [4.78, 5) is 41.9. The summed E-state index contributed by atoms with van der Waals surface area (Å²) in [5.41, 5.74) is 12.5. The van der Waals surface area contributed by atoms with Crippen molar-refractivity contribution in [3.8, 4) is 0 Å². The van der Waals surface area contributed by atoms with Crippen LogP contribution in [0.3, 0.4) is 0 Å². The fraction of sp³-hybridized carbons (Fsp3) is 0.526. The van der Waals surface area contributed by atoms with Crippen LogP contribution in [0.5, 0.6) is 0 Å². The Morgan fingerprint density at radius 3 is 2.74 bits per heavy atom. The second-order valence-electron chi connectivity index (χ2n) is 9.17. The highest BCUT2D eigenvalue weighted by Gasteiger charge is 2.48. The van der Waals surface area contributed by atoms with Gasteiger partial charge in [0, 0.05) is 17.5 Å². The number of nitrogens with one attached hydrogen (secondary N) is 1. The number of phosphoric ester groups is 1. The lowest BCUT2D eigenvalue weighted by Crippen LogP contribution is -2.44. The number of carbonyl (C=O) groups excluding carboxylic acids is 1. The molecular weight excluding hydrogens is 578 g/mol. The lowest BCUT2D eigenvalue weighted by molar-refractivity contribution is -0.0350. The van der Waals surface area contributed by atoms with Crippen LogP contribution in [0.1, 0.15) is 47.6 Å². The van der Waals surface area contributed by atoms with E-state index in [-0.39, 0.29) is 24.7 Å². The molecule has 3 aromatic heterocycles. The maximum atomic E-state index is 13.2. The standard InChI is InChI=1S/C19H26N8O9P2S/c20-17-15-19(23-7-22-17)27(8-24-15)14-2-1-10(35-14)6-34-38(32,39)36-16-9(5-33-37(29,30)31)3-11(16)12-4-13(18(21)28)26-25-12/h4,7-11,14,16H,1-3,5-6H2,(H2,21,28)(H,25,26)(H,32,39)(H2,20,22,23)(H2,29,30,31)/t9-,10+,11+,14-,16?,38?/m1/s1. The van der Waals surface area contributed by atoms with E-state index in [0.717, 1.165) is 0 Å². The Morgan fingerprint density at radius 2 is 2.03 bits per heavy atom. The number of anilines is 1. The SMILES string of the molecule is NC(=O)c1cc([C@@H]2C[C@H](COP(=O)(O)O)C2OP(=O)(S)OC[C@@H]2CC[C@H](n3cnc4c(N)ncnc43)O2)[nH]n1. The van der Waals surface area contributed by atoms with Crippen LogP contribution in [-0.4, -0.2) is 70.8 Å². The third-order valence-corrected chi connectivity index (χ3v) is 8.69. The van der Waals surface area contributed by atoms with Gasteiger partial charge in [-0.15, -0.1) is 0 Å². The third kappa shape index (κ3) is 6.34. The first-order valence-electron chi connectivity index (χ1n) is 11.7. The third-order valence-electron chi connectivity index (χ3n) is 6.59. The summed E-state index contributed by atoms with van der Waals surface area (Å²) in [6, 6.07) is 1.43. The number of fused-ring (bicyclic) bond motifs is 1. The molecule has 3 aromatic rings. The Balaban J connectivity index is 1.21. The molecule has 7 N–H and O–H groups in total. The van der Waals surface area contributed by atoms with Crippen molar-refractivity contribution in [3.63, 3.8) is 0 Å². The predicted octanol–water partition coefficient (Wildman–Crippen LogP) is 1.26. The second-order valence-corrected chi connectivity index (χ2v) is 13.3. The van der Waals surface area contributed by atoms with E-state index in [1.165, 1.54) is 12.4 Å². The minimum Gasteiger partial charge on any atom is -0.382 e. The molecule has 1 amide bonds. The van der Waals surface area contributed by atoms with Gasteiger partial charge in [0.05, 0.1) is 31.7 Å². The normalized spacial score (nSPS) is 26.9. The van der Waals surface area contributed by atoms with Crippen molar-refractivity contribution in [1.29, 1.82) is 0 Å². The molecule has 1 saturated carbocycles. The molecule has 0 radical (unpaired) electrons. The van der Waals surface area contributed by atoms with Crippen molar-refractivity contribution >= 4 is 49.8 Å². The molecule has 1 aliphatic heterocycles. The van der Waals surface area contributed by atoms with Crippen LogP contribution in [0.2, 0.25) is 0 Å². The largest absolute Gasteiger partial charge is 0.469 e. The first-order valence-corrected chi connectivity index (χ1v) is 15.9. The number of thiol groups is 1. The first-order chi connectivity index (χ1) is 18.4. The average Bonchev–Trinajstić information content (AvgIpc) is 3.60. The number of phosphoric acid groups is 1. The highest BCUT2D eigenvalue weighted by molar-refractivity contribution is 8.44. The first kappa shape index (κ1) is 28.1. The van der Waals surface area contributed by atoms with E-state index >= 15 is 0 Å². The monoisotopic (exact) mass is 604 g/mol. The molecule has 212 valence electrons. The molecule has 20 heteroatoms. The van der Waals surface area contributed by atoms with Crippen LogP contribution >= 0.6 is 26.9 Å². The topological polar surface area (TPSA) is 253 Å². The van der Waals surface area contributed by atoms with Gasteiger partial charge in [-0.25, -0.2) is 24.1 Å². The summed E-state index contributed by atoms with van der Waals surface area (Å²) in [7, 11) is -4.74. The molecule has 6 atom stereocenters. The highest BCUT2D eigenvalue weighted by atomic mass is 32.7. The van der Waals surface area contributed by atoms with E-state index in [1.807, 2.05) is 0 Å². The van der Waals surface area contributed by atoms with Gasteiger partial charge in [0.15, 0.2) is 11.5 Å². The van der Waals surface area contributed by atoms with E-state index in [2.05, 4.69) is 41.9 Å². The Bertz CT molecular complexity index is 1460. The number of rotatable bonds is 11. The van der Waals surface area contributed by atoms with Crippen LogP contribution in [0.15, 0.2) is 18.7 Å². The van der Waals surface area contributed by atoms with E-state index in [4.69, 9.17) is 35.0 Å². The summed E-state index contributed by atoms with van der Waals surface area (Å²) >= 11 is 4.10. The van der Waals surface area contributed by atoms with Crippen molar-refractivity contribution in [2.75, 3.05) is 18.9 Å². The van der Waals surface area contributed by atoms with Gasteiger partial charge in [-0.3, -0.25) is 28.0 Å². The molecule has 0 bridgehead atoms. The number of aromatic amines is 1. The smallest absolute Gasteiger partial charge is 0.382 e. The summed E-state index contributed by atoms with van der Waals surface area (Å²) < 4.78 is 48.0. The van der Waals surface area contributed by atoms with Gasteiger partial charge in [-0.05, 0) is 25.3 Å². The lowest BCUT2D eigenvalue weighted by Gasteiger charge is -2.43. The Labute approximate surface area is 225 Å². The van der Waals surface area contributed by atoms with E-state index in [9.17, 15) is 13.9 Å². The van der Waals surface area contributed by atoms with Crippen LogP contribution in [-0.2, 0) is 27.4 Å². The molecule has 0 aromatic carbocycles. The predicted molar refractivity (Wildman–Crippen MR) is 136 cm³/mol. The zero-order chi connectivity index (χ0) is 27.9. The highest BCUT2D eigenvalue weighted by Crippen LogP contribution is 2.60. The van der Waals surface area contributed by atoms with Gasteiger partial charge < -0.3 is 26.0 Å². The van der Waals surface area contributed by atoms with E-state index in [0.29, 0.717) is 36.1 Å². The van der Waals surface area contributed by atoms with Gasteiger partial charge in [-0.2, -0.15) is 5.10 Å². The van der Waals surface area contributed by atoms with Gasteiger partial charge >= 0.3 is 14.6 Å². The molecule has 2 aliphatic rings. The summed E-state index contributed by atoms with van der Waals surface area (Å²) in [5, 5.41) is 6.52. The van der Waals surface area contributed by atoms with Gasteiger partial charge in [0.25, 0.3) is 5.91 Å². The second kappa shape index (κ2) is 10.9. The number of imidazole rings is 1. The van der Waals surface area contributed by atoms with Crippen LogP contribution < -0.4 is 11.5 Å². The van der Waals surface area contributed by atoms with Gasteiger partial charge in [-0.1, -0.05) is 12.2 Å². The fourth-order valence-corrected chi connectivity index (χ4v) is 6.61. The van der Waals surface area contributed by atoms with Crippen molar-refractivity contribution in [1.82, 2.24) is 29.7 Å². The van der Waals surface area contributed by atoms with Crippen molar-refractivity contribution < 1.29 is 42.0 Å². The molecule has 2 fully saturated rings. The molecule has 1 saturated heterocycles. The van der Waals surface area contributed by atoms with Gasteiger partial charge in [0.2, 0.25) is 0 Å². The fourth-order valence-electron chi connectivity index (χ4n) is 4.66. The number of hydrogen-bond acceptors (Lipinski definition) is 12. The zero-order valence-corrected chi connectivity index (χ0v) is 22.8. The van der Waals surface area contributed by atoms with E-state index in [1.54, 1.807) is 10.9 Å². The van der Waals surface area contributed by atoms with Crippen LogP contribution in [0, 0.1) is 5.92 Å². The Morgan fingerprint density at radius 1 is 1.23 bits per heavy atom. The van der Waals surface area contributed by atoms with Crippen molar-refractivity contribution in [2.45, 2.75) is 43.6 Å². The lowest BCUT2D eigenvalue weighted by atomic mass is 9.70. The molecule has 4 heterocycles. The maximum absolute atomic E-state index is 13.2. The number of ether oxygens (including phenoxy) is 1. The number of hydrogen-bond donors (Lipinski definition) is 6. The number of carbonyl (C=O) groups is 1. The van der Waals surface area contributed by atoms with Gasteiger partial charge in [0.1, 0.15) is 23.8 Å². The van der Waals surface area contributed by atoms with Crippen molar-refractivity contribution in [3.05, 3.63) is 30.1 Å². The number of aromatic nitrogens is 6. The number of nitrogens with zero attached hydrogens (tertiary/aromatic N) is 5. The number of amides is 1. The molecule has 2 unspecified atom stereocenters. The number of primary amides is 1. The molecule has 1 aliphatic carbocycles. The quantitative estimate of drug-likeness (QED) is 0.133. The molecule has 5 rings (SSSR count). The summed E-state index contributed by atoms with van der Waals surface area (Å²) in [6.07, 6.45) is 2.70. The molecule has 17 nitrogen and oxygen atoms in total. The molecular formula is C19H26N8O9P2S. The molecule has 0 spiro atoms. The van der Waals surface area contributed by atoms with Crippen LogP contribution in [0.4, 0.5) is 5.82 Å². The van der Waals surface area contributed by atoms with Crippen LogP contribution in [0.25, 0.3) is 11.2 Å². The number of H-pyrrole nitrogens is 1. The minimum atomic E-state index is -4.74. The summed E-state index contributed by atoms with van der Waals surface area (Å²) in [6.45, 7) is -4.45. The maximum Gasteiger partial charge on any atom is 0.469 e. The number of nitrogens with two attached hydrogens (primary N) is 2.